The van der Waals surface area contributed by atoms with Crippen LogP contribution in [-0.4, -0.2) is 80.7 Å². The Hall–Kier alpha value is -2.03. The molecule has 0 spiro atoms. The van der Waals surface area contributed by atoms with Crippen LogP contribution >= 0.6 is 11.6 Å². The molecule has 3 rings (SSSR count). The van der Waals surface area contributed by atoms with Crippen LogP contribution in [0.25, 0.3) is 0 Å². The lowest BCUT2D eigenvalue weighted by Crippen LogP contribution is -2.55. The molecule has 1 aromatic rings. The minimum absolute atomic E-state index is 0.0219. The van der Waals surface area contributed by atoms with Crippen LogP contribution in [-0.2, 0) is 9.53 Å². The average molecular weight is 509 g/mol. The second-order valence-corrected chi connectivity index (χ2v) is 11.4. The average Bonchev–Trinajstić information content (AvgIpc) is 2.80. The Morgan fingerprint density at radius 1 is 1.14 bits per heavy atom. The molecule has 0 bridgehead atoms. The molecule has 2 heterocycles. The minimum Gasteiger partial charge on any atom is -0.496 e. The smallest absolute Gasteiger partial charge is 0.255 e. The van der Waals surface area contributed by atoms with E-state index in [1.807, 2.05) is 4.90 Å². The second kappa shape index (κ2) is 11.8. The third kappa shape index (κ3) is 7.48. The van der Waals surface area contributed by atoms with Gasteiger partial charge in [-0.3, -0.25) is 9.59 Å². The van der Waals surface area contributed by atoms with Crippen LogP contribution in [0.4, 0.5) is 5.69 Å². The van der Waals surface area contributed by atoms with Gasteiger partial charge in [-0.2, -0.15) is 0 Å². The summed E-state index contributed by atoms with van der Waals surface area (Å²) >= 11 is 6.14. The van der Waals surface area contributed by atoms with Crippen molar-refractivity contribution in [2.24, 2.45) is 11.3 Å². The van der Waals surface area contributed by atoms with Gasteiger partial charge in [-0.25, -0.2) is 0 Å². The van der Waals surface area contributed by atoms with Gasteiger partial charge < -0.3 is 30.3 Å². The van der Waals surface area contributed by atoms with Crippen molar-refractivity contribution in [1.82, 2.24) is 15.1 Å². The van der Waals surface area contributed by atoms with Gasteiger partial charge in [0.15, 0.2) is 0 Å². The van der Waals surface area contributed by atoms with Gasteiger partial charge in [0.2, 0.25) is 5.91 Å². The van der Waals surface area contributed by atoms with Crippen molar-refractivity contribution in [2.45, 2.75) is 58.6 Å². The van der Waals surface area contributed by atoms with E-state index in [2.05, 4.69) is 31.0 Å². The van der Waals surface area contributed by atoms with Gasteiger partial charge in [0, 0.05) is 52.3 Å². The fourth-order valence-corrected chi connectivity index (χ4v) is 5.17. The monoisotopic (exact) mass is 508 g/mol. The van der Waals surface area contributed by atoms with Crippen molar-refractivity contribution in [1.29, 1.82) is 0 Å². The highest BCUT2D eigenvalue weighted by molar-refractivity contribution is 6.33. The number of hydrogen-bond acceptors (Lipinski definition) is 6. The van der Waals surface area contributed by atoms with Crippen molar-refractivity contribution in [3.05, 3.63) is 22.7 Å². The maximum atomic E-state index is 13.0. The third-order valence-corrected chi connectivity index (χ3v) is 7.32. The fraction of sp³-hybridized carbons (Fsp3) is 0.692. The van der Waals surface area contributed by atoms with E-state index < -0.39 is 0 Å². The van der Waals surface area contributed by atoms with E-state index >= 15 is 0 Å². The lowest BCUT2D eigenvalue weighted by molar-refractivity contribution is -0.134. The Morgan fingerprint density at radius 2 is 1.83 bits per heavy atom. The summed E-state index contributed by atoms with van der Waals surface area (Å²) in [5.41, 5.74) is 6.59. The number of hydrogen-bond donors (Lipinski definition) is 2. The second-order valence-electron chi connectivity index (χ2n) is 11.0. The largest absolute Gasteiger partial charge is 0.496 e. The molecule has 8 nitrogen and oxygen atoms in total. The molecule has 2 aliphatic heterocycles. The van der Waals surface area contributed by atoms with Crippen LogP contribution in [0, 0.1) is 11.3 Å². The molecular formula is C26H41ClN4O4. The lowest BCUT2D eigenvalue weighted by atomic mass is 9.90. The molecule has 0 radical (unpaired) electrons. The number of ether oxygens (including phenoxy) is 2. The summed E-state index contributed by atoms with van der Waals surface area (Å²) in [7, 11) is 3.19. The zero-order valence-corrected chi connectivity index (χ0v) is 22.5. The molecule has 196 valence electrons. The van der Waals surface area contributed by atoms with Crippen molar-refractivity contribution in [3.63, 3.8) is 0 Å². The van der Waals surface area contributed by atoms with Crippen LogP contribution < -0.4 is 15.8 Å². The van der Waals surface area contributed by atoms with Gasteiger partial charge >= 0.3 is 0 Å². The predicted octanol–water partition coefficient (Wildman–Crippen LogP) is 3.42. The molecule has 0 aromatic heterocycles. The first-order valence-corrected chi connectivity index (χ1v) is 12.8. The number of benzene rings is 1. The number of nitrogens with two attached hydrogens (primary N) is 1. The summed E-state index contributed by atoms with van der Waals surface area (Å²) in [6.45, 7) is 10.6. The number of methoxy groups -OCH3 is 2. The van der Waals surface area contributed by atoms with Gasteiger partial charge in [0.1, 0.15) is 5.75 Å². The zero-order chi connectivity index (χ0) is 25.8. The van der Waals surface area contributed by atoms with Gasteiger partial charge in [-0.05, 0) is 36.7 Å². The molecule has 2 fully saturated rings. The first-order chi connectivity index (χ1) is 16.5. The van der Waals surface area contributed by atoms with Gasteiger partial charge in [0.05, 0.1) is 35.5 Å². The fourth-order valence-electron chi connectivity index (χ4n) is 5.01. The molecule has 2 aliphatic rings. The number of carbonyl (C=O) groups is 2. The standard InChI is InChI=1S/C26H41ClN4O4/c1-26(2,3)14-24(32)31-10-6-17(7-11-31)15-30-9-8-21(23(16-30)35-5)29-25(33)18-12-19(27)20(28)13-22(18)34-4/h12-13,17,21,23H,6-11,14-16,28H2,1-5H3,(H,29,33)/t21-,23+/m1/s1. The molecule has 35 heavy (non-hydrogen) atoms. The van der Waals surface area contributed by atoms with Crippen LogP contribution in [0.1, 0.15) is 56.8 Å². The number of piperidine rings is 2. The predicted molar refractivity (Wildman–Crippen MR) is 139 cm³/mol. The summed E-state index contributed by atoms with van der Waals surface area (Å²) in [5, 5.41) is 3.42. The number of nitrogen functional groups attached to an aromatic ring is 1. The number of halogens is 1. The van der Waals surface area contributed by atoms with Gasteiger partial charge in [-0.1, -0.05) is 32.4 Å². The number of carbonyl (C=O) groups excluding carboxylic acids is 2. The number of nitrogens with one attached hydrogen (secondary N) is 1. The van der Waals surface area contributed by atoms with E-state index in [4.69, 9.17) is 26.8 Å². The molecular weight excluding hydrogens is 468 g/mol. The third-order valence-electron chi connectivity index (χ3n) is 6.99. The van der Waals surface area contributed by atoms with Gasteiger partial charge in [0.25, 0.3) is 5.91 Å². The van der Waals surface area contributed by atoms with E-state index in [0.717, 1.165) is 52.0 Å². The number of rotatable bonds is 7. The molecule has 3 N–H and O–H groups in total. The van der Waals surface area contributed by atoms with E-state index in [9.17, 15) is 9.59 Å². The van der Waals surface area contributed by atoms with E-state index in [-0.39, 0.29) is 29.4 Å². The summed E-state index contributed by atoms with van der Waals surface area (Å²) in [6.07, 6.45) is 3.33. The number of amides is 2. The van der Waals surface area contributed by atoms with Crippen LogP contribution in [0.3, 0.4) is 0 Å². The maximum absolute atomic E-state index is 13.0. The van der Waals surface area contributed by atoms with Gasteiger partial charge in [-0.15, -0.1) is 0 Å². The van der Waals surface area contributed by atoms with Crippen LogP contribution in [0.15, 0.2) is 12.1 Å². The first-order valence-electron chi connectivity index (χ1n) is 12.5. The van der Waals surface area contributed by atoms with Crippen LogP contribution in [0.5, 0.6) is 5.75 Å². The molecule has 2 amide bonds. The maximum Gasteiger partial charge on any atom is 0.255 e. The van der Waals surface area contributed by atoms with E-state index in [1.165, 1.54) is 7.11 Å². The van der Waals surface area contributed by atoms with E-state index in [1.54, 1.807) is 19.2 Å². The Bertz CT molecular complexity index is 896. The molecule has 2 saturated heterocycles. The molecule has 2 atom stereocenters. The minimum atomic E-state index is -0.253. The topological polar surface area (TPSA) is 97.1 Å². The first kappa shape index (κ1) is 27.6. The Morgan fingerprint density at radius 3 is 2.43 bits per heavy atom. The van der Waals surface area contributed by atoms with Crippen molar-refractivity contribution < 1.29 is 19.1 Å². The molecule has 0 aliphatic carbocycles. The van der Waals surface area contributed by atoms with Crippen molar-refractivity contribution in [3.8, 4) is 5.75 Å². The summed E-state index contributed by atoms with van der Waals surface area (Å²) in [6, 6.07) is 3.00. The summed E-state index contributed by atoms with van der Waals surface area (Å²) in [4.78, 5) is 30.0. The van der Waals surface area contributed by atoms with Crippen LogP contribution in [0.2, 0.25) is 5.02 Å². The Kier molecular flexibility index (Phi) is 9.29. The number of nitrogens with zero attached hydrogens (tertiary/aromatic N) is 2. The van der Waals surface area contributed by atoms with Crippen molar-refractivity contribution >= 4 is 29.1 Å². The highest BCUT2D eigenvalue weighted by atomic mass is 35.5. The lowest BCUT2D eigenvalue weighted by Gasteiger charge is -2.41. The Balaban J connectivity index is 1.51. The highest BCUT2D eigenvalue weighted by Gasteiger charge is 2.33. The summed E-state index contributed by atoms with van der Waals surface area (Å²) in [5.74, 6) is 0.976. The summed E-state index contributed by atoms with van der Waals surface area (Å²) < 4.78 is 11.1. The quantitative estimate of drug-likeness (QED) is 0.548. The zero-order valence-electron chi connectivity index (χ0n) is 21.7. The molecule has 0 unspecified atom stereocenters. The molecule has 0 saturated carbocycles. The molecule has 9 heteroatoms. The van der Waals surface area contributed by atoms with E-state index in [0.29, 0.717) is 34.4 Å². The highest BCUT2D eigenvalue weighted by Crippen LogP contribution is 2.29. The SMILES string of the molecule is COc1cc(N)c(Cl)cc1C(=O)N[C@@H]1CCN(CC2CCN(C(=O)CC(C)(C)C)CC2)C[C@@H]1OC. The van der Waals surface area contributed by atoms with Crippen molar-refractivity contribution in [2.75, 3.05) is 52.7 Å². The Labute approximate surface area is 214 Å². The number of anilines is 1. The number of likely N-dealkylation sites (tertiary alicyclic amines) is 2. The molecule has 1 aromatic carbocycles. The normalized spacial score (nSPS) is 22.2.